The fraction of sp³-hybridized carbons (Fsp3) is 0.364. The predicted octanol–water partition coefficient (Wildman–Crippen LogP) is 2.23. The molecular formula is C22H30IN5O3. The van der Waals surface area contributed by atoms with E-state index < -0.39 is 0 Å². The molecule has 1 aliphatic rings. The number of aromatic hydroxyl groups is 2. The van der Waals surface area contributed by atoms with Gasteiger partial charge in [0, 0.05) is 39.3 Å². The number of nitrogens with one attached hydrogen (secondary N) is 2. The lowest BCUT2D eigenvalue weighted by atomic mass is 10.2. The van der Waals surface area contributed by atoms with E-state index in [9.17, 15) is 15.0 Å². The Morgan fingerprint density at radius 3 is 2.26 bits per heavy atom. The molecule has 1 heterocycles. The average Bonchev–Trinajstić information content (AvgIpc) is 2.76. The van der Waals surface area contributed by atoms with Crippen molar-refractivity contribution in [3.63, 3.8) is 0 Å². The molecule has 1 fully saturated rings. The molecule has 1 saturated heterocycles. The van der Waals surface area contributed by atoms with Crippen LogP contribution in [0, 0.1) is 0 Å². The Morgan fingerprint density at radius 2 is 1.61 bits per heavy atom. The molecule has 9 heteroatoms. The van der Waals surface area contributed by atoms with Gasteiger partial charge in [0.1, 0.15) is 11.5 Å². The molecule has 2 aromatic carbocycles. The van der Waals surface area contributed by atoms with Crippen molar-refractivity contribution in [3.05, 3.63) is 54.1 Å². The quantitative estimate of drug-likeness (QED) is 0.195. The number of piperazine rings is 1. The number of benzene rings is 2. The SMILES string of the molecule is CCNC(=NCCNC(=O)c1ccccc1O)N1CCN(c2ccccc2O)CC1.I. The van der Waals surface area contributed by atoms with Crippen molar-refractivity contribution in [2.75, 3.05) is 50.7 Å². The maximum Gasteiger partial charge on any atom is 0.255 e. The third-order valence-corrected chi connectivity index (χ3v) is 4.94. The van der Waals surface area contributed by atoms with Gasteiger partial charge in [-0.1, -0.05) is 24.3 Å². The first-order chi connectivity index (χ1) is 14.6. The highest BCUT2D eigenvalue weighted by atomic mass is 127. The lowest BCUT2D eigenvalue weighted by Crippen LogP contribution is -2.52. The fourth-order valence-corrected chi connectivity index (χ4v) is 3.41. The van der Waals surface area contributed by atoms with E-state index in [1.54, 1.807) is 24.3 Å². The lowest BCUT2D eigenvalue weighted by Gasteiger charge is -2.37. The molecule has 31 heavy (non-hydrogen) atoms. The Bertz CT molecular complexity index is 885. The van der Waals surface area contributed by atoms with Gasteiger partial charge in [0.2, 0.25) is 0 Å². The second-order valence-electron chi connectivity index (χ2n) is 6.97. The van der Waals surface area contributed by atoms with Gasteiger partial charge >= 0.3 is 0 Å². The van der Waals surface area contributed by atoms with Gasteiger partial charge in [0.15, 0.2) is 5.96 Å². The molecule has 0 saturated carbocycles. The fourth-order valence-electron chi connectivity index (χ4n) is 3.41. The highest BCUT2D eigenvalue weighted by Gasteiger charge is 2.21. The zero-order valence-corrected chi connectivity index (χ0v) is 20.0. The summed E-state index contributed by atoms with van der Waals surface area (Å²) in [4.78, 5) is 21.1. The number of phenolic OH excluding ortho intramolecular Hbond substituents is 2. The van der Waals surface area contributed by atoms with Crippen LogP contribution in [-0.4, -0.2) is 72.8 Å². The van der Waals surface area contributed by atoms with Crippen molar-refractivity contribution >= 4 is 41.5 Å². The van der Waals surface area contributed by atoms with Crippen molar-refractivity contribution in [3.8, 4) is 11.5 Å². The van der Waals surface area contributed by atoms with Crippen LogP contribution < -0.4 is 15.5 Å². The summed E-state index contributed by atoms with van der Waals surface area (Å²) < 4.78 is 0. The highest BCUT2D eigenvalue weighted by molar-refractivity contribution is 14.0. The van der Waals surface area contributed by atoms with Crippen LogP contribution in [0.15, 0.2) is 53.5 Å². The number of carbonyl (C=O) groups is 1. The van der Waals surface area contributed by atoms with Gasteiger partial charge in [-0.2, -0.15) is 0 Å². The normalized spacial score (nSPS) is 14.0. The van der Waals surface area contributed by atoms with Crippen molar-refractivity contribution in [1.82, 2.24) is 15.5 Å². The van der Waals surface area contributed by atoms with Crippen LogP contribution in [0.3, 0.4) is 0 Å². The van der Waals surface area contributed by atoms with Crippen LogP contribution in [0.1, 0.15) is 17.3 Å². The van der Waals surface area contributed by atoms with E-state index in [2.05, 4.69) is 25.4 Å². The third-order valence-electron chi connectivity index (χ3n) is 4.94. The molecule has 4 N–H and O–H groups in total. The molecule has 0 bridgehead atoms. The maximum absolute atomic E-state index is 12.2. The molecule has 168 valence electrons. The standard InChI is InChI=1S/C22H29N5O3.HI/c1-2-23-22(25-12-11-24-21(30)17-7-3-5-9-19(17)28)27-15-13-26(14-16-27)18-8-4-6-10-20(18)29;/h3-10,28-29H,2,11-16H2,1H3,(H,23,25)(H,24,30);1H. The van der Waals surface area contributed by atoms with Gasteiger partial charge in [0.05, 0.1) is 17.8 Å². The first-order valence-electron chi connectivity index (χ1n) is 10.2. The van der Waals surface area contributed by atoms with Crippen LogP contribution >= 0.6 is 24.0 Å². The molecule has 8 nitrogen and oxygen atoms in total. The van der Waals surface area contributed by atoms with Gasteiger partial charge in [-0.25, -0.2) is 0 Å². The number of hydrogen-bond donors (Lipinski definition) is 4. The van der Waals surface area contributed by atoms with E-state index in [0.717, 1.165) is 44.4 Å². The largest absolute Gasteiger partial charge is 0.507 e. The predicted molar refractivity (Wildman–Crippen MR) is 134 cm³/mol. The summed E-state index contributed by atoms with van der Waals surface area (Å²) in [5, 5.41) is 25.9. The summed E-state index contributed by atoms with van der Waals surface area (Å²) in [5.74, 6) is 0.761. The number of halogens is 1. The topological polar surface area (TPSA) is 100 Å². The molecule has 0 aromatic heterocycles. The lowest BCUT2D eigenvalue weighted by molar-refractivity contribution is 0.0952. The van der Waals surface area contributed by atoms with E-state index in [1.807, 2.05) is 25.1 Å². The first kappa shape index (κ1) is 24.6. The van der Waals surface area contributed by atoms with Gasteiger partial charge < -0.3 is 30.6 Å². The van der Waals surface area contributed by atoms with E-state index in [4.69, 9.17) is 0 Å². The Hall–Kier alpha value is -2.69. The minimum atomic E-state index is -0.315. The number of guanidine groups is 1. The minimum absolute atomic E-state index is 0. The van der Waals surface area contributed by atoms with Crippen molar-refractivity contribution in [2.45, 2.75) is 6.92 Å². The Balaban J connectivity index is 0.00000341. The maximum atomic E-state index is 12.2. The number of aliphatic imine (C=N–C) groups is 1. The molecule has 0 aliphatic carbocycles. The number of carbonyl (C=O) groups excluding carboxylic acids is 1. The summed E-state index contributed by atoms with van der Waals surface area (Å²) in [6, 6.07) is 13.9. The second-order valence-corrected chi connectivity index (χ2v) is 6.97. The van der Waals surface area contributed by atoms with Gasteiger partial charge in [0.25, 0.3) is 5.91 Å². The molecular weight excluding hydrogens is 509 g/mol. The second kappa shape index (κ2) is 12.2. The average molecular weight is 539 g/mol. The monoisotopic (exact) mass is 539 g/mol. The molecule has 0 unspecified atom stereocenters. The number of rotatable bonds is 6. The van der Waals surface area contributed by atoms with E-state index in [1.165, 1.54) is 6.07 Å². The Kier molecular flexibility index (Phi) is 9.70. The van der Waals surface area contributed by atoms with Crippen LogP contribution in [0.2, 0.25) is 0 Å². The molecule has 0 atom stereocenters. The van der Waals surface area contributed by atoms with Gasteiger partial charge in [-0.3, -0.25) is 9.79 Å². The van der Waals surface area contributed by atoms with Crippen LogP contribution in [-0.2, 0) is 0 Å². The number of nitrogens with zero attached hydrogens (tertiary/aromatic N) is 3. The molecule has 2 aromatic rings. The molecule has 3 rings (SSSR count). The third kappa shape index (κ3) is 6.65. The summed E-state index contributed by atoms with van der Waals surface area (Å²) in [6.45, 7) is 6.71. The zero-order valence-electron chi connectivity index (χ0n) is 17.6. The summed E-state index contributed by atoms with van der Waals surface area (Å²) >= 11 is 0. The number of anilines is 1. The summed E-state index contributed by atoms with van der Waals surface area (Å²) in [6.07, 6.45) is 0. The number of amides is 1. The van der Waals surface area contributed by atoms with Crippen LogP contribution in [0.4, 0.5) is 5.69 Å². The first-order valence-corrected chi connectivity index (χ1v) is 10.2. The molecule has 1 amide bonds. The minimum Gasteiger partial charge on any atom is -0.507 e. The van der Waals surface area contributed by atoms with Crippen molar-refractivity contribution < 1.29 is 15.0 Å². The number of phenols is 2. The number of hydrogen-bond acceptors (Lipinski definition) is 5. The van der Waals surface area contributed by atoms with Crippen molar-refractivity contribution in [1.29, 1.82) is 0 Å². The smallest absolute Gasteiger partial charge is 0.255 e. The van der Waals surface area contributed by atoms with Gasteiger partial charge in [-0.15, -0.1) is 24.0 Å². The van der Waals surface area contributed by atoms with E-state index in [-0.39, 0.29) is 41.2 Å². The van der Waals surface area contributed by atoms with Gasteiger partial charge in [-0.05, 0) is 31.2 Å². The Labute approximate surface area is 200 Å². The summed E-state index contributed by atoms with van der Waals surface area (Å²) in [7, 11) is 0. The Morgan fingerprint density at radius 1 is 0.968 bits per heavy atom. The summed E-state index contributed by atoms with van der Waals surface area (Å²) in [5.41, 5.74) is 1.11. The molecule has 1 aliphatic heterocycles. The zero-order chi connectivity index (χ0) is 21.3. The van der Waals surface area contributed by atoms with E-state index in [0.29, 0.717) is 18.8 Å². The highest BCUT2D eigenvalue weighted by Crippen LogP contribution is 2.27. The van der Waals surface area contributed by atoms with E-state index >= 15 is 0 Å². The number of para-hydroxylation sites is 3. The van der Waals surface area contributed by atoms with Crippen LogP contribution in [0.5, 0.6) is 11.5 Å². The van der Waals surface area contributed by atoms with Crippen molar-refractivity contribution in [2.24, 2.45) is 4.99 Å². The molecule has 0 spiro atoms. The molecule has 0 radical (unpaired) electrons. The van der Waals surface area contributed by atoms with Crippen LogP contribution in [0.25, 0.3) is 0 Å².